The van der Waals surface area contributed by atoms with Crippen LogP contribution in [0, 0.1) is 0 Å². The lowest BCUT2D eigenvalue weighted by atomic mass is 10.3. The van der Waals surface area contributed by atoms with Crippen LogP contribution in [-0.2, 0) is 9.53 Å². The number of benzene rings is 1. The lowest BCUT2D eigenvalue weighted by molar-refractivity contribution is -0.133. The molecule has 0 aromatic heterocycles. The Morgan fingerprint density at radius 1 is 1.43 bits per heavy atom. The van der Waals surface area contributed by atoms with Gasteiger partial charge in [0.25, 0.3) is 0 Å². The summed E-state index contributed by atoms with van der Waals surface area (Å²) in [6.45, 7) is 2.38. The molecule has 7 nitrogen and oxygen atoms in total. The Morgan fingerprint density at radius 3 is 2.86 bits per heavy atom. The Hall–Kier alpha value is -2.28. The Labute approximate surface area is 123 Å². The van der Waals surface area contributed by atoms with Crippen molar-refractivity contribution in [3.63, 3.8) is 0 Å². The third-order valence-corrected chi connectivity index (χ3v) is 3.12. The second kappa shape index (κ2) is 7.49. The van der Waals surface area contributed by atoms with Gasteiger partial charge in [-0.2, -0.15) is 0 Å². The van der Waals surface area contributed by atoms with Crippen molar-refractivity contribution in [2.75, 3.05) is 45.3 Å². The number of ether oxygens (including phenoxy) is 2. The number of para-hydroxylation sites is 2. The fourth-order valence-electron chi connectivity index (χ4n) is 1.99. The molecule has 7 heteroatoms. The number of hydrogen-bond donors (Lipinski definition) is 2. The van der Waals surface area contributed by atoms with E-state index in [-0.39, 0.29) is 18.4 Å². The topological polar surface area (TPSA) is 89.2 Å². The minimum absolute atomic E-state index is 0.0218. The summed E-state index contributed by atoms with van der Waals surface area (Å²) in [5, 5.41) is 2.93. The zero-order chi connectivity index (χ0) is 15.1. The highest BCUT2D eigenvalue weighted by atomic mass is 16.5. The van der Waals surface area contributed by atoms with Crippen molar-refractivity contribution in [2.24, 2.45) is 10.7 Å². The predicted octanol–water partition coefficient (Wildman–Crippen LogP) is 0.281. The maximum Gasteiger partial charge on any atom is 0.244 e. The van der Waals surface area contributed by atoms with Crippen LogP contribution in [0.2, 0.25) is 0 Å². The monoisotopic (exact) mass is 292 g/mol. The van der Waals surface area contributed by atoms with Gasteiger partial charge in [0.15, 0.2) is 5.96 Å². The van der Waals surface area contributed by atoms with E-state index in [1.165, 1.54) is 0 Å². The molecule has 0 bridgehead atoms. The molecule has 1 aromatic carbocycles. The van der Waals surface area contributed by atoms with Gasteiger partial charge in [-0.05, 0) is 12.1 Å². The molecule has 1 aliphatic rings. The number of nitrogens with one attached hydrogen (secondary N) is 1. The first-order chi connectivity index (χ1) is 10.2. The van der Waals surface area contributed by atoms with Crippen LogP contribution in [0.25, 0.3) is 0 Å². The van der Waals surface area contributed by atoms with Crippen molar-refractivity contribution in [3.05, 3.63) is 24.3 Å². The number of aliphatic imine (C=N–C) groups is 1. The van der Waals surface area contributed by atoms with E-state index in [2.05, 4.69) is 10.3 Å². The van der Waals surface area contributed by atoms with E-state index in [0.717, 1.165) is 0 Å². The average Bonchev–Trinajstić information content (AvgIpc) is 2.54. The van der Waals surface area contributed by atoms with Gasteiger partial charge < -0.3 is 25.4 Å². The van der Waals surface area contributed by atoms with Crippen LogP contribution in [0.1, 0.15) is 0 Å². The maximum atomic E-state index is 11.9. The Balaban J connectivity index is 1.90. The summed E-state index contributed by atoms with van der Waals surface area (Å²) in [5.41, 5.74) is 6.50. The first-order valence-electron chi connectivity index (χ1n) is 6.76. The van der Waals surface area contributed by atoms with E-state index in [4.69, 9.17) is 15.2 Å². The van der Waals surface area contributed by atoms with Crippen LogP contribution in [0.15, 0.2) is 29.3 Å². The van der Waals surface area contributed by atoms with Crippen LogP contribution in [-0.4, -0.2) is 56.7 Å². The van der Waals surface area contributed by atoms with Crippen molar-refractivity contribution in [1.82, 2.24) is 4.90 Å². The van der Waals surface area contributed by atoms with Gasteiger partial charge in [0.2, 0.25) is 5.91 Å². The summed E-state index contributed by atoms with van der Waals surface area (Å²) < 4.78 is 10.4. The van der Waals surface area contributed by atoms with Gasteiger partial charge in [0, 0.05) is 13.1 Å². The molecule has 1 aliphatic heterocycles. The minimum Gasteiger partial charge on any atom is -0.495 e. The van der Waals surface area contributed by atoms with Crippen molar-refractivity contribution in [3.8, 4) is 5.75 Å². The molecular weight excluding hydrogens is 272 g/mol. The van der Waals surface area contributed by atoms with Gasteiger partial charge in [-0.3, -0.25) is 4.79 Å². The molecule has 1 heterocycles. The summed E-state index contributed by atoms with van der Waals surface area (Å²) in [7, 11) is 1.58. The van der Waals surface area contributed by atoms with E-state index < -0.39 is 0 Å². The highest BCUT2D eigenvalue weighted by Crippen LogP contribution is 2.22. The normalized spacial score (nSPS) is 15.7. The second-order valence-electron chi connectivity index (χ2n) is 4.52. The van der Waals surface area contributed by atoms with Crippen LogP contribution >= 0.6 is 0 Å². The summed E-state index contributed by atoms with van der Waals surface area (Å²) in [6, 6.07) is 7.36. The number of carbonyl (C=O) groups is 1. The Kier molecular flexibility index (Phi) is 5.39. The van der Waals surface area contributed by atoms with Crippen LogP contribution < -0.4 is 15.8 Å². The summed E-state index contributed by atoms with van der Waals surface area (Å²) in [6.07, 6.45) is 0. The number of hydrogen-bond acceptors (Lipinski definition) is 4. The SMILES string of the molecule is COc1ccccc1NC(N)=NCC(=O)N1CCOCC1. The smallest absolute Gasteiger partial charge is 0.244 e. The molecule has 0 aliphatic carbocycles. The van der Waals surface area contributed by atoms with E-state index in [9.17, 15) is 4.79 Å². The van der Waals surface area contributed by atoms with Crippen molar-refractivity contribution in [1.29, 1.82) is 0 Å². The minimum atomic E-state index is -0.0527. The molecule has 0 unspecified atom stereocenters. The number of amides is 1. The molecule has 0 spiro atoms. The van der Waals surface area contributed by atoms with Crippen molar-refractivity contribution in [2.45, 2.75) is 0 Å². The standard InChI is InChI=1S/C14H20N4O3/c1-20-12-5-3-2-4-11(12)17-14(15)16-10-13(19)18-6-8-21-9-7-18/h2-5H,6-10H2,1H3,(H3,15,16,17). The molecule has 0 radical (unpaired) electrons. The predicted molar refractivity (Wildman–Crippen MR) is 80.5 cm³/mol. The number of carbonyl (C=O) groups excluding carboxylic acids is 1. The summed E-state index contributed by atoms with van der Waals surface area (Å²) >= 11 is 0. The molecule has 1 amide bonds. The van der Waals surface area contributed by atoms with Gasteiger partial charge >= 0.3 is 0 Å². The largest absolute Gasteiger partial charge is 0.495 e. The fraction of sp³-hybridized carbons (Fsp3) is 0.429. The maximum absolute atomic E-state index is 11.9. The third-order valence-electron chi connectivity index (χ3n) is 3.12. The van der Waals surface area contributed by atoms with E-state index >= 15 is 0 Å². The highest BCUT2D eigenvalue weighted by molar-refractivity contribution is 5.95. The van der Waals surface area contributed by atoms with E-state index in [0.29, 0.717) is 37.7 Å². The first kappa shape index (κ1) is 15.1. The molecule has 21 heavy (non-hydrogen) atoms. The van der Waals surface area contributed by atoms with Crippen LogP contribution in [0.5, 0.6) is 5.75 Å². The quantitative estimate of drug-likeness (QED) is 0.614. The number of guanidine groups is 1. The van der Waals surface area contributed by atoms with Crippen molar-refractivity contribution >= 4 is 17.6 Å². The Morgan fingerprint density at radius 2 is 2.14 bits per heavy atom. The molecule has 1 fully saturated rings. The van der Waals surface area contributed by atoms with E-state index in [1.807, 2.05) is 24.3 Å². The van der Waals surface area contributed by atoms with Gasteiger partial charge in [-0.1, -0.05) is 12.1 Å². The van der Waals surface area contributed by atoms with Gasteiger partial charge in [-0.15, -0.1) is 0 Å². The number of morpholine rings is 1. The second-order valence-corrected chi connectivity index (χ2v) is 4.52. The third kappa shape index (κ3) is 4.35. The molecule has 0 saturated carbocycles. The summed E-state index contributed by atoms with van der Waals surface area (Å²) in [4.78, 5) is 17.7. The average molecular weight is 292 g/mol. The number of rotatable bonds is 4. The highest BCUT2D eigenvalue weighted by Gasteiger charge is 2.16. The molecule has 3 N–H and O–H groups in total. The molecule has 1 saturated heterocycles. The van der Waals surface area contributed by atoms with E-state index in [1.54, 1.807) is 12.0 Å². The molecule has 0 atom stereocenters. The van der Waals surface area contributed by atoms with Crippen molar-refractivity contribution < 1.29 is 14.3 Å². The lowest BCUT2D eigenvalue weighted by Crippen LogP contribution is -2.42. The van der Waals surface area contributed by atoms with Gasteiger partial charge in [0.1, 0.15) is 12.3 Å². The number of nitrogens with zero attached hydrogens (tertiary/aromatic N) is 2. The Bertz CT molecular complexity index is 513. The molecule has 114 valence electrons. The van der Waals surface area contributed by atoms with Gasteiger partial charge in [-0.25, -0.2) is 4.99 Å². The number of anilines is 1. The van der Waals surface area contributed by atoms with Crippen LogP contribution in [0.3, 0.4) is 0 Å². The zero-order valence-electron chi connectivity index (χ0n) is 12.0. The van der Waals surface area contributed by atoms with Gasteiger partial charge in [0.05, 0.1) is 26.0 Å². The number of methoxy groups -OCH3 is 1. The van der Waals surface area contributed by atoms with Crippen LogP contribution in [0.4, 0.5) is 5.69 Å². The fourth-order valence-corrected chi connectivity index (χ4v) is 1.99. The number of nitrogens with two attached hydrogens (primary N) is 1. The first-order valence-corrected chi connectivity index (χ1v) is 6.76. The molecule has 1 aromatic rings. The molecular formula is C14H20N4O3. The molecule has 2 rings (SSSR count). The summed E-state index contributed by atoms with van der Waals surface area (Å²) in [5.74, 6) is 0.791. The lowest BCUT2D eigenvalue weighted by Gasteiger charge is -2.26. The zero-order valence-corrected chi connectivity index (χ0v) is 12.0.